The van der Waals surface area contributed by atoms with E-state index in [2.05, 4.69) is 0 Å². The van der Waals surface area contributed by atoms with Gasteiger partial charge in [-0.2, -0.15) is 0 Å². The van der Waals surface area contributed by atoms with Crippen LogP contribution in [0.5, 0.6) is 0 Å². The van der Waals surface area contributed by atoms with E-state index >= 15 is 0 Å². The first-order valence-corrected chi connectivity index (χ1v) is 6.06. The highest BCUT2D eigenvalue weighted by molar-refractivity contribution is 4.96. The summed E-state index contributed by atoms with van der Waals surface area (Å²) >= 11 is 0. The van der Waals surface area contributed by atoms with E-state index in [4.69, 9.17) is 19.7 Å². The van der Waals surface area contributed by atoms with Crippen LogP contribution in [0.4, 0.5) is 0 Å². The third-order valence-electron chi connectivity index (χ3n) is 3.52. The van der Waals surface area contributed by atoms with Gasteiger partial charge in [0.2, 0.25) is 0 Å². The molecule has 6 nitrogen and oxygen atoms in total. The van der Waals surface area contributed by atoms with Crippen molar-refractivity contribution in [2.24, 2.45) is 0 Å². The maximum Gasteiger partial charge on any atom is 0.113 e. The molecule has 0 amide bonds. The van der Waals surface area contributed by atoms with E-state index in [1.807, 2.05) is 0 Å². The molecule has 0 aromatic carbocycles. The van der Waals surface area contributed by atoms with Crippen molar-refractivity contribution in [3.8, 4) is 0 Å². The SMILES string of the molecule is OCC[C@H]1O[C@H]([C@H]2CC[C@H](CO)O2)[C@H](O)[C@H]1O. The molecule has 2 rings (SSSR count). The number of aliphatic hydroxyl groups is 4. The Balaban J connectivity index is 1.93. The third-order valence-corrected chi connectivity index (χ3v) is 3.52. The summed E-state index contributed by atoms with van der Waals surface area (Å²) in [4.78, 5) is 0. The Bertz CT molecular complexity index is 248. The molecule has 0 bridgehead atoms. The normalized spacial score (nSPS) is 46.6. The van der Waals surface area contributed by atoms with E-state index in [0.717, 1.165) is 6.42 Å². The van der Waals surface area contributed by atoms with Crippen molar-refractivity contribution in [3.05, 3.63) is 0 Å². The van der Waals surface area contributed by atoms with Gasteiger partial charge in [0.05, 0.1) is 24.9 Å². The summed E-state index contributed by atoms with van der Waals surface area (Å²) in [5.74, 6) is 0. The van der Waals surface area contributed by atoms with Gasteiger partial charge >= 0.3 is 0 Å². The van der Waals surface area contributed by atoms with Gasteiger partial charge in [0, 0.05) is 6.61 Å². The average Bonchev–Trinajstić information content (AvgIpc) is 2.89. The second-order valence-corrected chi connectivity index (χ2v) is 4.69. The molecule has 0 unspecified atom stereocenters. The van der Waals surface area contributed by atoms with Crippen LogP contribution in [-0.2, 0) is 9.47 Å². The fourth-order valence-electron chi connectivity index (χ4n) is 2.56. The molecule has 0 radical (unpaired) electrons. The van der Waals surface area contributed by atoms with Gasteiger partial charge in [-0.05, 0) is 19.3 Å². The molecule has 2 aliphatic heterocycles. The van der Waals surface area contributed by atoms with Crippen molar-refractivity contribution in [3.63, 3.8) is 0 Å². The van der Waals surface area contributed by atoms with Crippen molar-refractivity contribution >= 4 is 0 Å². The van der Waals surface area contributed by atoms with Crippen LogP contribution >= 0.6 is 0 Å². The molecule has 6 heteroatoms. The van der Waals surface area contributed by atoms with Gasteiger partial charge in [0.1, 0.15) is 18.3 Å². The van der Waals surface area contributed by atoms with E-state index in [9.17, 15) is 10.2 Å². The molecule has 6 atom stereocenters. The molecule has 17 heavy (non-hydrogen) atoms. The molecule has 100 valence electrons. The summed E-state index contributed by atoms with van der Waals surface area (Å²) < 4.78 is 11.1. The largest absolute Gasteiger partial charge is 0.396 e. The molecule has 4 N–H and O–H groups in total. The van der Waals surface area contributed by atoms with E-state index in [0.29, 0.717) is 12.8 Å². The zero-order valence-electron chi connectivity index (χ0n) is 9.60. The summed E-state index contributed by atoms with van der Waals surface area (Å²) in [5.41, 5.74) is 0. The second kappa shape index (κ2) is 5.60. The first-order valence-electron chi connectivity index (χ1n) is 6.06. The lowest BCUT2D eigenvalue weighted by molar-refractivity contribution is -0.0981. The molecular formula is C11H20O6. The fourth-order valence-corrected chi connectivity index (χ4v) is 2.56. The van der Waals surface area contributed by atoms with Gasteiger partial charge in [-0.3, -0.25) is 0 Å². The smallest absolute Gasteiger partial charge is 0.113 e. The minimum Gasteiger partial charge on any atom is -0.396 e. The number of hydrogen-bond donors (Lipinski definition) is 4. The van der Waals surface area contributed by atoms with Gasteiger partial charge in [-0.1, -0.05) is 0 Å². The van der Waals surface area contributed by atoms with E-state index in [1.165, 1.54) is 0 Å². The van der Waals surface area contributed by atoms with Crippen molar-refractivity contribution in [2.75, 3.05) is 13.2 Å². The van der Waals surface area contributed by atoms with Crippen molar-refractivity contribution < 1.29 is 29.9 Å². The predicted molar refractivity (Wildman–Crippen MR) is 57.4 cm³/mol. The topological polar surface area (TPSA) is 99.4 Å². The van der Waals surface area contributed by atoms with Crippen LogP contribution in [-0.4, -0.2) is 70.3 Å². The van der Waals surface area contributed by atoms with E-state index in [1.54, 1.807) is 0 Å². The second-order valence-electron chi connectivity index (χ2n) is 4.69. The maximum atomic E-state index is 9.87. The monoisotopic (exact) mass is 248 g/mol. The molecule has 0 aromatic heterocycles. The van der Waals surface area contributed by atoms with Gasteiger partial charge < -0.3 is 29.9 Å². The van der Waals surface area contributed by atoms with Gasteiger partial charge in [-0.25, -0.2) is 0 Å². The van der Waals surface area contributed by atoms with E-state index < -0.39 is 24.4 Å². The van der Waals surface area contributed by atoms with Crippen LogP contribution in [0.2, 0.25) is 0 Å². The molecular weight excluding hydrogens is 228 g/mol. The highest BCUT2D eigenvalue weighted by Gasteiger charge is 2.47. The molecule has 2 fully saturated rings. The lowest BCUT2D eigenvalue weighted by Gasteiger charge is -2.21. The first kappa shape index (κ1) is 13.2. The van der Waals surface area contributed by atoms with Crippen LogP contribution in [0.3, 0.4) is 0 Å². The molecule has 0 saturated carbocycles. The van der Waals surface area contributed by atoms with Crippen LogP contribution in [0.15, 0.2) is 0 Å². The third kappa shape index (κ3) is 2.62. The van der Waals surface area contributed by atoms with Crippen molar-refractivity contribution in [1.82, 2.24) is 0 Å². The number of ether oxygens (including phenoxy) is 2. The zero-order chi connectivity index (χ0) is 12.4. The zero-order valence-corrected chi connectivity index (χ0v) is 9.60. The summed E-state index contributed by atoms with van der Waals surface area (Å²) in [5, 5.41) is 37.4. The molecule has 0 aliphatic carbocycles. The van der Waals surface area contributed by atoms with Gasteiger partial charge in [0.25, 0.3) is 0 Å². The quantitative estimate of drug-likeness (QED) is 0.478. The summed E-state index contributed by atoms with van der Waals surface area (Å²) in [6.45, 7) is -0.131. The van der Waals surface area contributed by atoms with Crippen LogP contribution in [0.25, 0.3) is 0 Å². The minimum atomic E-state index is -0.992. The Kier molecular flexibility index (Phi) is 4.35. The van der Waals surface area contributed by atoms with Crippen LogP contribution < -0.4 is 0 Å². The number of aliphatic hydroxyl groups excluding tert-OH is 4. The average molecular weight is 248 g/mol. The van der Waals surface area contributed by atoms with Crippen molar-refractivity contribution in [2.45, 2.75) is 55.9 Å². The Morgan fingerprint density at radius 3 is 2.35 bits per heavy atom. The Labute approximate surface area is 99.8 Å². The minimum absolute atomic E-state index is 0.0397. The number of hydrogen-bond acceptors (Lipinski definition) is 6. The molecule has 0 aromatic rings. The number of rotatable bonds is 4. The van der Waals surface area contributed by atoms with Crippen LogP contribution in [0, 0.1) is 0 Å². The maximum absolute atomic E-state index is 9.87. The Morgan fingerprint density at radius 2 is 1.76 bits per heavy atom. The van der Waals surface area contributed by atoms with Gasteiger partial charge in [-0.15, -0.1) is 0 Å². The first-order chi connectivity index (χ1) is 8.17. The highest BCUT2D eigenvalue weighted by Crippen LogP contribution is 2.32. The van der Waals surface area contributed by atoms with E-state index in [-0.39, 0.29) is 25.4 Å². The summed E-state index contributed by atoms with van der Waals surface area (Å²) in [6.07, 6.45) is -1.86. The lowest BCUT2D eigenvalue weighted by atomic mass is 10.0. The standard InChI is InChI=1S/C11H20O6/c12-4-3-7-9(14)10(15)11(17-7)8-2-1-6(5-13)16-8/h6-15H,1-5H2/t6-,7-,8-,9+,10-,11-/m1/s1. The summed E-state index contributed by atoms with van der Waals surface area (Å²) in [6, 6.07) is 0. The van der Waals surface area contributed by atoms with Crippen molar-refractivity contribution in [1.29, 1.82) is 0 Å². The molecule has 2 heterocycles. The Hall–Kier alpha value is -0.240. The van der Waals surface area contributed by atoms with Crippen LogP contribution in [0.1, 0.15) is 19.3 Å². The predicted octanol–water partition coefficient (Wildman–Crippen LogP) is -1.60. The highest BCUT2D eigenvalue weighted by atomic mass is 16.6. The molecule has 2 saturated heterocycles. The molecule has 2 aliphatic rings. The Morgan fingerprint density at radius 1 is 1.00 bits per heavy atom. The lowest BCUT2D eigenvalue weighted by Crippen LogP contribution is -2.39. The summed E-state index contributed by atoms with van der Waals surface area (Å²) in [7, 11) is 0. The fraction of sp³-hybridized carbons (Fsp3) is 1.00. The molecule has 0 spiro atoms. The van der Waals surface area contributed by atoms with Gasteiger partial charge in [0.15, 0.2) is 0 Å².